The first-order valence-corrected chi connectivity index (χ1v) is 3.49. The lowest BCUT2D eigenvalue weighted by molar-refractivity contribution is -0.147. The van der Waals surface area contributed by atoms with Crippen LogP contribution in [0, 0.1) is 0 Å². The first-order valence-electron chi connectivity index (χ1n) is 3.49. The molecule has 0 rings (SSSR count). The van der Waals surface area contributed by atoms with E-state index in [2.05, 4.69) is 16.6 Å². The van der Waals surface area contributed by atoms with E-state index in [-0.39, 0.29) is 5.97 Å². The third-order valence-corrected chi connectivity index (χ3v) is 1.38. The minimum Gasteiger partial charge on any atom is -0.468 e. The zero-order chi connectivity index (χ0) is 8.91. The van der Waals surface area contributed by atoms with E-state index in [4.69, 9.17) is 0 Å². The number of carbonyl (C=O) groups excluding carboxylic acids is 1. The van der Waals surface area contributed by atoms with Gasteiger partial charge >= 0.3 is 5.97 Å². The third kappa shape index (κ3) is 3.18. The predicted octanol–water partition coefficient (Wildman–Crippen LogP) is 0.714. The molecule has 0 spiro atoms. The highest BCUT2D eigenvalue weighted by Gasteiger charge is 2.26. The predicted molar refractivity (Wildman–Crippen MR) is 44.3 cm³/mol. The van der Waals surface area contributed by atoms with Crippen LogP contribution in [0.15, 0.2) is 12.7 Å². The second-order valence-electron chi connectivity index (χ2n) is 2.79. The second kappa shape index (κ2) is 4.13. The molecular weight excluding hydrogens is 142 g/mol. The van der Waals surface area contributed by atoms with Crippen molar-refractivity contribution in [3.63, 3.8) is 0 Å². The minimum atomic E-state index is -0.622. The molecule has 0 fully saturated rings. The molecule has 3 heteroatoms. The van der Waals surface area contributed by atoms with E-state index in [1.165, 1.54) is 7.11 Å². The standard InChI is InChI=1S/C8H15NO2/c1-5-6-9-8(2,3)7(10)11-4/h5,9H,1,6H2,2-4H3. The average molecular weight is 157 g/mol. The van der Waals surface area contributed by atoms with Crippen molar-refractivity contribution in [3.05, 3.63) is 12.7 Å². The normalized spacial score (nSPS) is 10.8. The zero-order valence-electron chi connectivity index (χ0n) is 7.31. The summed E-state index contributed by atoms with van der Waals surface area (Å²) in [4.78, 5) is 11.0. The van der Waals surface area contributed by atoms with Gasteiger partial charge < -0.3 is 4.74 Å². The van der Waals surface area contributed by atoms with Gasteiger partial charge in [0.2, 0.25) is 0 Å². The Hall–Kier alpha value is -0.830. The van der Waals surface area contributed by atoms with Crippen molar-refractivity contribution < 1.29 is 9.53 Å². The van der Waals surface area contributed by atoms with E-state index in [0.29, 0.717) is 6.54 Å². The van der Waals surface area contributed by atoms with Crippen LogP contribution in [0.2, 0.25) is 0 Å². The quantitative estimate of drug-likeness (QED) is 0.482. The summed E-state index contributed by atoms with van der Waals surface area (Å²) in [6.07, 6.45) is 1.70. The van der Waals surface area contributed by atoms with E-state index in [0.717, 1.165) is 0 Å². The van der Waals surface area contributed by atoms with E-state index in [1.807, 2.05) is 0 Å². The largest absolute Gasteiger partial charge is 0.468 e. The molecule has 11 heavy (non-hydrogen) atoms. The second-order valence-corrected chi connectivity index (χ2v) is 2.79. The van der Waals surface area contributed by atoms with Gasteiger partial charge in [-0.05, 0) is 13.8 Å². The Balaban J connectivity index is 3.97. The summed E-state index contributed by atoms with van der Waals surface area (Å²) in [5, 5.41) is 2.97. The molecule has 0 saturated heterocycles. The van der Waals surface area contributed by atoms with Crippen molar-refractivity contribution in [2.45, 2.75) is 19.4 Å². The number of methoxy groups -OCH3 is 1. The molecule has 0 aliphatic heterocycles. The molecule has 0 aliphatic rings. The monoisotopic (exact) mass is 157 g/mol. The molecule has 0 bridgehead atoms. The van der Waals surface area contributed by atoms with Gasteiger partial charge in [0.1, 0.15) is 5.54 Å². The van der Waals surface area contributed by atoms with Crippen molar-refractivity contribution >= 4 is 5.97 Å². The Kier molecular flexibility index (Phi) is 3.82. The number of hydrogen-bond acceptors (Lipinski definition) is 3. The molecule has 3 nitrogen and oxygen atoms in total. The summed E-state index contributed by atoms with van der Waals surface area (Å²) in [5.74, 6) is -0.264. The Bertz CT molecular complexity index is 152. The van der Waals surface area contributed by atoms with Crippen LogP contribution in [0.1, 0.15) is 13.8 Å². The highest BCUT2D eigenvalue weighted by Crippen LogP contribution is 2.03. The Labute approximate surface area is 67.4 Å². The SMILES string of the molecule is C=CCNC(C)(C)C(=O)OC. The molecule has 0 atom stereocenters. The van der Waals surface area contributed by atoms with Crippen molar-refractivity contribution in [2.75, 3.05) is 13.7 Å². The molecule has 0 radical (unpaired) electrons. The molecule has 0 heterocycles. The summed E-state index contributed by atoms with van der Waals surface area (Å²) in [7, 11) is 1.37. The van der Waals surface area contributed by atoms with Crippen LogP contribution in [0.3, 0.4) is 0 Å². The van der Waals surface area contributed by atoms with Crippen LogP contribution in [-0.4, -0.2) is 25.2 Å². The van der Waals surface area contributed by atoms with Gasteiger partial charge in [0.25, 0.3) is 0 Å². The summed E-state index contributed by atoms with van der Waals surface area (Å²) >= 11 is 0. The number of hydrogen-bond donors (Lipinski definition) is 1. The van der Waals surface area contributed by atoms with Crippen LogP contribution in [0.4, 0.5) is 0 Å². The number of rotatable bonds is 4. The first-order chi connectivity index (χ1) is 5.04. The number of esters is 1. The number of nitrogens with one attached hydrogen (secondary N) is 1. The Morgan fingerprint density at radius 3 is 2.64 bits per heavy atom. The average Bonchev–Trinajstić information content (AvgIpc) is 1.99. The van der Waals surface area contributed by atoms with Gasteiger partial charge in [-0.15, -0.1) is 6.58 Å². The Morgan fingerprint density at radius 1 is 1.73 bits per heavy atom. The first kappa shape index (κ1) is 10.2. The molecule has 0 aromatic heterocycles. The smallest absolute Gasteiger partial charge is 0.325 e. The minimum absolute atomic E-state index is 0.264. The van der Waals surface area contributed by atoms with Gasteiger partial charge in [-0.2, -0.15) is 0 Å². The summed E-state index contributed by atoms with van der Waals surface area (Å²) < 4.78 is 4.58. The van der Waals surface area contributed by atoms with Gasteiger partial charge in [0, 0.05) is 6.54 Å². The fraction of sp³-hybridized carbons (Fsp3) is 0.625. The summed E-state index contributed by atoms with van der Waals surface area (Å²) in [6.45, 7) is 7.67. The van der Waals surface area contributed by atoms with Crippen molar-refractivity contribution in [3.8, 4) is 0 Å². The van der Waals surface area contributed by atoms with Gasteiger partial charge in [0.15, 0.2) is 0 Å². The van der Waals surface area contributed by atoms with Crippen molar-refractivity contribution in [2.24, 2.45) is 0 Å². The van der Waals surface area contributed by atoms with Gasteiger partial charge in [-0.1, -0.05) is 6.08 Å². The number of carbonyl (C=O) groups is 1. The molecule has 64 valence electrons. The van der Waals surface area contributed by atoms with Crippen molar-refractivity contribution in [1.29, 1.82) is 0 Å². The third-order valence-electron chi connectivity index (χ3n) is 1.38. The van der Waals surface area contributed by atoms with Crippen LogP contribution in [0.5, 0.6) is 0 Å². The van der Waals surface area contributed by atoms with E-state index < -0.39 is 5.54 Å². The maximum Gasteiger partial charge on any atom is 0.325 e. The van der Waals surface area contributed by atoms with Crippen LogP contribution >= 0.6 is 0 Å². The Morgan fingerprint density at radius 2 is 2.27 bits per heavy atom. The highest BCUT2D eigenvalue weighted by atomic mass is 16.5. The molecule has 0 saturated carbocycles. The summed E-state index contributed by atoms with van der Waals surface area (Å²) in [5.41, 5.74) is -0.622. The number of ether oxygens (including phenoxy) is 1. The van der Waals surface area contributed by atoms with Gasteiger partial charge in [-0.25, -0.2) is 0 Å². The van der Waals surface area contributed by atoms with Crippen molar-refractivity contribution in [1.82, 2.24) is 5.32 Å². The lowest BCUT2D eigenvalue weighted by Crippen LogP contribution is -2.47. The lowest BCUT2D eigenvalue weighted by atomic mass is 10.1. The molecule has 0 amide bonds. The van der Waals surface area contributed by atoms with E-state index in [1.54, 1.807) is 19.9 Å². The molecule has 0 aromatic rings. The fourth-order valence-electron chi connectivity index (χ4n) is 0.655. The maximum atomic E-state index is 11.0. The molecule has 0 aromatic carbocycles. The summed E-state index contributed by atoms with van der Waals surface area (Å²) in [6, 6.07) is 0. The molecular formula is C8H15NO2. The van der Waals surface area contributed by atoms with E-state index in [9.17, 15) is 4.79 Å². The molecule has 1 N–H and O–H groups in total. The highest BCUT2D eigenvalue weighted by molar-refractivity contribution is 5.79. The van der Waals surface area contributed by atoms with Gasteiger partial charge in [0.05, 0.1) is 7.11 Å². The molecule has 0 unspecified atom stereocenters. The fourth-order valence-corrected chi connectivity index (χ4v) is 0.655. The zero-order valence-corrected chi connectivity index (χ0v) is 7.31. The lowest BCUT2D eigenvalue weighted by Gasteiger charge is -2.21. The molecule has 0 aliphatic carbocycles. The van der Waals surface area contributed by atoms with Crippen LogP contribution in [-0.2, 0) is 9.53 Å². The maximum absolute atomic E-state index is 11.0. The van der Waals surface area contributed by atoms with Crippen LogP contribution in [0.25, 0.3) is 0 Å². The van der Waals surface area contributed by atoms with Gasteiger partial charge in [-0.3, -0.25) is 10.1 Å². The van der Waals surface area contributed by atoms with E-state index >= 15 is 0 Å². The van der Waals surface area contributed by atoms with Crippen LogP contribution < -0.4 is 5.32 Å². The topological polar surface area (TPSA) is 38.3 Å².